The molecule has 20 nitrogen and oxygen atoms in total. The predicted molar refractivity (Wildman–Crippen MR) is 218 cm³/mol. The van der Waals surface area contributed by atoms with Gasteiger partial charge in [-0.15, -0.1) is 0 Å². The van der Waals surface area contributed by atoms with Crippen molar-refractivity contribution in [1.82, 2.24) is 26.2 Å². The number of likely N-dealkylation sites (tertiary alicyclic amines) is 1. The Hall–Kier alpha value is -5.27. The van der Waals surface area contributed by atoms with Crippen molar-refractivity contribution < 1.29 is 38.7 Å². The van der Waals surface area contributed by atoms with Gasteiger partial charge in [0.15, 0.2) is 11.9 Å². The SMILES string of the molecule is CC[C@H](C)[C@H](NC(=O)[C@H](CC1=CCC(=O)CC1)NC(=O)[C@@H]1CCCN1C(=O)[C@H](CCCN=C(N)N)NC(=O)[C@@H](N)CCCN=C(N)N)C(=O)N[C@@H](CC(C)C)C(=O)O. The van der Waals surface area contributed by atoms with E-state index in [1.165, 1.54) is 4.90 Å². The van der Waals surface area contributed by atoms with Gasteiger partial charge >= 0.3 is 5.97 Å². The van der Waals surface area contributed by atoms with E-state index in [4.69, 9.17) is 28.7 Å². The van der Waals surface area contributed by atoms with Crippen LogP contribution in [0.2, 0.25) is 0 Å². The number of ketones is 1. The van der Waals surface area contributed by atoms with Crippen molar-refractivity contribution in [3.8, 4) is 0 Å². The minimum atomic E-state index is -1.21. The summed E-state index contributed by atoms with van der Waals surface area (Å²) in [5, 5.41) is 20.6. The molecule has 0 unspecified atom stereocenters. The normalized spacial score (nSPS) is 18.4. The standard InChI is InChI=1S/C38H66N12O8/c1-5-22(4)30(34(55)48-28(36(57)58)19-21(2)3)49-32(53)27(20-23-12-14-24(51)15-13-23)47-33(54)29-11-8-18-50(29)35(56)26(10-7-17-45-38(42)43)46-31(52)25(39)9-6-16-44-37(40)41/h12,21-22,25-30H,5-11,13-20,39H2,1-4H3,(H,46,52)(H,47,54)(H,48,55)(H,49,53)(H,57,58)(H4,40,41,44)(H4,42,43,45)/t22-,25-,26-,27-,28-,29-,30-/m0/s1. The Kier molecular flexibility index (Phi) is 20.6. The maximum Gasteiger partial charge on any atom is 0.326 e. The number of nitrogens with two attached hydrogens (primary N) is 5. The third-order valence-corrected chi connectivity index (χ3v) is 10.3. The fraction of sp³-hybridized carbons (Fsp3) is 0.711. The molecule has 1 fully saturated rings. The van der Waals surface area contributed by atoms with Crippen LogP contribution in [0.15, 0.2) is 21.6 Å². The van der Waals surface area contributed by atoms with E-state index < -0.39 is 77.7 Å². The zero-order chi connectivity index (χ0) is 43.5. The van der Waals surface area contributed by atoms with Gasteiger partial charge in [-0.25, -0.2) is 4.79 Å². The molecule has 326 valence electrons. The lowest BCUT2D eigenvalue weighted by molar-refractivity contribution is -0.143. The molecule has 0 bridgehead atoms. The molecule has 1 aliphatic heterocycles. The van der Waals surface area contributed by atoms with Gasteiger partial charge in [0.2, 0.25) is 29.5 Å². The van der Waals surface area contributed by atoms with E-state index >= 15 is 0 Å². The molecule has 0 aromatic carbocycles. The largest absolute Gasteiger partial charge is 0.480 e. The first-order valence-electron chi connectivity index (χ1n) is 20.1. The van der Waals surface area contributed by atoms with Gasteiger partial charge in [0.05, 0.1) is 6.04 Å². The monoisotopic (exact) mass is 819 g/mol. The molecule has 0 spiro atoms. The molecule has 58 heavy (non-hydrogen) atoms. The minimum Gasteiger partial charge on any atom is -0.480 e. The Labute approximate surface area is 340 Å². The number of nitrogens with zero attached hydrogens (tertiary/aromatic N) is 3. The second-order valence-corrected chi connectivity index (χ2v) is 15.5. The van der Waals surface area contributed by atoms with E-state index in [9.17, 15) is 38.7 Å². The van der Waals surface area contributed by atoms with Crippen molar-refractivity contribution in [3.63, 3.8) is 0 Å². The van der Waals surface area contributed by atoms with E-state index in [2.05, 4.69) is 31.3 Å². The number of amides is 5. The number of hydrogen-bond donors (Lipinski definition) is 10. The second-order valence-electron chi connectivity index (χ2n) is 15.5. The van der Waals surface area contributed by atoms with Crippen molar-refractivity contribution >= 4 is 53.2 Å². The zero-order valence-electron chi connectivity index (χ0n) is 34.3. The highest BCUT2D eigenvalue weighted by atomic mass is 16.4. The van der Waals surface area contributed by atoms with Crippen molar-refractivity contribution in [2.45, 2.75) is 141 Å². The summed E-state index contributed by atoms with van der Waals surface area (Å²) in [5.41, 5.74) is 28.5. The number of hydrogen-bond acceptors (Lipinski definition) is 10. The van der Waals surface area contributed by atoms with E-state index in [0.717, 1.165) is 5.57 Å². The molecular formula is C38H66N12O8. The molecule has 1 aliphatic carbocycles. The topological polar surface area (TPSA) is 346 Å². The van der Waals surface area contributed by atoms with Gasteiger partial charge in [-0.1, -0.05) is 45.8 Å². The van der Waals surface area contributed by atoms with Crippen LogP contribution in [0.5, 0.6) is 0 Å². The third-order valence-electron chi connectivity index (χ3n) is 10.3. The van der Waals surface area contributed by atoms with Gasteiger partial charge in [-0.2, -0.15) is 0 Å². The summed E-state index contributed by atoms with van der Waals surface area (Å²) >= 11 is 0. The molecule has 0 saturated carbocycles. The molecule has 2 rings (SSSR count). The number of carboxylic acid groups (broad SMARTS) is 1. The van der Waals surface area contributed by atoms with E-state index in [1.807, 2.05) is 20.8 Å². The Morgan fingerprint density at radius 1 is 0.845 bits per heavy atom. The molecule has 7 atom stereocenters. The van der Waals surface area contributed by atoms with Crippen LogP contribution in [0.25, 0.3) is 0 Å². The molecule has 5 amide bonds. The van der Waals surface area contributed by atoms with Crippen molar-refractivity contribution in [2.75, 3.05) is 19.6 Å². The van der Waals surface area contributed by atoms with Gasteiger partial charge in [0, 0.05) is 32.5 Å². The number of carboxylic acids is 1. The maximum absolute atomic E-state index is 14.1. The van der Waals surface area contributed by atoms with Crippen LogP contribution in [-0.4, -0.2) is 119 Å². The van der Waals surface area contributed by atoms with Crippen molar-refractivity contribution in [1.29, 1.82) is 0 Å². The van der Waals surface area contributed by atoms with E-state index in [0.29, 0.717) is 32.1 Å². The maximum atomic E-state index is 14.1. The first-order valence-corrected chi connectivity index (χ1v) is 20.1. The molecule has 0 aromatic heterocycles. The molecule has 0 radical (unpaired) electrons. The minimum absolute atomic E-state index is 0.0305. The fourth-order valence-corrected chi connectivity index (χ4v) is 6.79. The second kappa shape index (κ2) is 24.5. The number of nitrogens with one attached hydrogen (secondary N) is 4. The summed E-state index contributed by atoms with van der Waals surface area (Å²) < 4.78 is 0. The number of allylic oxidation sites excluding steroid dienone is 1. The number of Topliss-reactive ketones (excluding diaryl/α,β-unsaturated/α-hetero) is 1. The molecule has 1 saturated heterocycles. The molecule has 2 aliphatic rings. The first-order chi connectivity index (χ1) is 27.3. The zero-order valence-corrected chi connectivity index (χ0v) is 34.3. The Morgan fingerprint density at radius 3 is 2.02 bits per heavy atom. The van der Waals surface area contributed by atoms with Crippen LogP contribution >= 0.6 is 0 Å². The predicted octanol–water partition coefficient (Wildman–Crippen LogP) is -1.40. The average molecular weight is 819 g/mol. The first kappa shape index (κ1) is 48.9. The summed E-state index contributed by atoms with van der Waals surface area (Å²) in [6.45, 7) is 7.88. The van der Waals surface area contributed by atoms with Gasteiger partial charge < -0.3 is 59.9 Å². The number of aliphatic imine (C=N–C) groups is 2. The van der Waals surface area contributed by atoms with Crippen LogP contribution < -0.4 is 49.9 Å². The lowest BCUT2D eigenvalue weighted by Crippen LogP contribution is -2.60. The number of guanidine groups is 2. The van der Waals surface area contributed by atoms with Gasteiger partial charge in [-0.3, -0.25) is 38.8 Å². The molecule has 15 N–H and O–H groups in total. The number of rotatable bonds is 24. The van der Waals surface area contributed by atoms with E-state index in [-0.39, 0.29) is 88.2 Å². The summed E-state index contributed by atoms with van der Waals surface area (Å²) in [7, 11) is 0. The molecule has 1 heterocycles. The van der Waals surface area contributed by atoms with Crippen LogP contribution in [0, 0.1) is 11.8 Å². The highest BCUT2D eigenvalue weighted by molar-refractivity contribution is 5.97. The molecular weight excluding hydrogens is 752 g/mol. The third kappa shape index (κ3) is 16.7. The van der Waals surface area contributed by atoms with Crippen molar-refractivity contribution in [3.05, 3.63) is 11.6 Å². The number of carbonyl (C=O) groups is 7. The van der Waals surface area contributed by atoms with E-state index in [1.54, 1.807) is 13.0 Å². The van der Waals surface area contributed by atoms with Crippen LogP contribution in [0.4, 0.5) is 0 Å². The van der Waals surface area contributed by atoms with Crippen LogP contribution in [0.3, 0.4) is 0 Å². The molecule has 0 aromatic rings. The molecule has 20 heteroatoms. The quantitative estimate of drug-likeness (QED) is 0.0232. The summed E-state index contributed by atoms with van der Waals surface area (Å²) in [4.78, 5) is 102. The van der Waals surface area contributed by atoms with Gasteiger partial charge in [0.1, 0.15) is 36.0 Å². The summed E-state index contributed by atoms with van der Waals surface area (Å²) in [6, 6.07) is -6.57. The summed E-state index contributed by atoms with van der Waals surface area (Å²) in [6.07, 6.45) is 5.08. The highest BCUT2D eigenvalue weighted by Crippen LogP contribution is 2.23. The smallest absolute Gasteiger partial charge is 0.326 e. The van der Waals surface area contributed by atoms with Crippen LogP contribution in [-0.2, 0) is 33.6 Å². The van der Waals surface area contributed by atoms with Crippen LogP contribution in [0.1, 0.15) is 105 Å². The fourth-order valence-electron chi connectivity index (χ4n) is 6.79. The highest BCUT2D eigenvalue weighted by Gasteiger charge is 2.40. The lowest BCUT2D eigenvalue weighted by atomic mass is 9.92. The number of aliphatic carboxylic acids is 1. The number of carbonyl (C=O) groups excluding carboxylic acids is 6. The Morgan fingerprint density at radius 2 is 1.47 bits per heavy atom. The lowest BCUT2D eigenvalue weighted by Gasteiger charge is -2.31. The van der Waals surface area contributed by atoms with Gasteiger partial charge in [0.25, 0.3) is 0 Å². The Bertz CT molecular complexity index is 1540. The van der Waals surface area contributed by atoms with Gasteiger partial charge in [-0.05, 0) is 69.6 Å². The van der Waals surface area contributed by atoms with Crippen molar-refractivity contribution in [2.24, 2.45) is 50.5 Å². The summed E-state index contributed by atoms with van der Waals surface area (Å²) in [5.74, 6) is -4.90. The Balaban J connectivity index is 2.34. The average Bonchev–Trinajstić information content (AvgIpc) is 3.66.